The van der Waals surface area contributed by atoms with Gasteiger partial charge in [0.1, 0.15) is 36.8 Å². The van der Waals surface area contributed by atoms with Gasteiger partial charge in [0.15, 0.2) is 6.29 Å². The molecule has 0 amide bonds. The van der Waals surface area contributed by atoms with Crippen LogP contribution in [0.4, 0.5) is 0 Å². The number of aliphatic hydroxyl groups excluding tert-OH is 4. The summed E-state index contributed by atoms with van der Waals surface area (Å²) >= 11 is 0. The summed E-state index contributed by atoms with van der Waals surface area (Å²) in [5, 5.41) is 56.6. The fourth-order valence-electron chi connectivity index (χ4n) is 2.41. The number of benzene rings is 1. The predicted octanol–water partition coefficient (Wildman–Crippen LogP) is -1.18. The van der Waals surface area contributed by atoms with Crippen molar-refractivity contribution in [1.82, 2.24) is 0 Å². The highest BCUT2D eigenvalue weighted by atomic mass is 16.7. The van der Waals surface area contributed by atoms with Crippen LogP contribution in [-0.4, -0.2) is 82.0 Å². The maximum atomic E-state index is 11.9. The Hall–Kier alpha value is -2.52. The third kappa shape index (κ3) is 5.49. The first-order chi connectivity index (χ1) is 13.4. The van der Waals surface area contributed by atoms with E-state index in [1.165, 1.54) is 30.3 Å². The molecule has 0 saturated carbocycles. The largest absolute Gasteiger partial charge is 0.508 e. The Bertz CT molecular complexity index is 726. The number of nitriles is 1. The van der Waals surface area contributed by atoms with E-state index in [0.717, 1.165) is 0 Å². The maximum Gasteiger partial charge on any atom is 0.338 e. The van der Waals surface area contributed by atoms with Gasteiger partial charge in [-0.15, -0.1) is 0 Å². The monoisotopic (exact) mass is 395 g/mol. The highest BCUT2D eigenvalue weighted by Gasteiger charge is 2.43. The summed E-state index contributed by atoms with van der Waals surface area (Å²) in [6.07, 6.45) is -5.75. The van der Waals surface area contributed by atoms with Crippen molar-refractivity contribution in [2.75, 3.05) is 19.8 Å². The van der Waals surface area contributed by atoms with E-state index in [0.29, 0.717) is 0 Å². The number of phenols is 1. The molecule has 5 N–H and O–H groups in total. The molecule has 28 heavy (non-hydrogen) atoms. The van der Waals surface area contributed by atoms with Crippen LogP contribution in [0, 0.1) is 11.3 Å². The molecule has 1 aliphatic heterocycles. The fraction of sp³-hybridized carbons (Fsp3) is 0.444. The number of carbonyl (C=O) groups excluding carboxylic acids is 1. The first-order valence-electron chi connectivity index (χ1n) is 8.34. The highest BCUT2D eigenvalue weighted by molar-refractivity contribution is 5.89. The molecule has 1 unspecified atom stereocenters. The SMILES string of the molecule is N#C/C(=C\COC1O[C@H](CO)[C@@H](O)[C@H](O)[C@H]1O)COC(=O)c1ccc(O)cc1. The average Bonchev–Trinajstić information content (AvgIpc) is 2.70. The number of aliphatic hydroxyl groups is 4. The summed E-state index contributed by atoms with van der Waals surface area (Å²) in [6, 6.07) is 7.23. The number of esters is 1. The molecular formula is C18H21NO9. The van der Waals surface area contributed by atoms with Gasteiger partial charge < -0.3 is 39.7 Å². The smallest absolute Gasteiger partial charge is 0.338 e. The van der Waals surface area contributed by atoms with Gasteiger partial charge in [-0.05, 0) is 30.3 Å². The lowest BCUT2D eigenvalue weighted by molar-refractivity contribution is -0.298. The van der Waals surface area contributed by atoms with Gasteiger partial charge in [-0.25, -0.2) is 4.79 Å². The van der Waals surface area contributed by atoms with Crippen molar-refractivity contribution in [2.45, 2.75) is 30.7 Å². The molecule has 0 aliphatic carbocycles. The Morgan fingerprint density at radius 3 is 2.46 bits per heavy atom. The fourth-order valence-corrected chi connectivity index (χ4v) is 2.41. The lowest BCUT2D eigenvalue weighted by Crippen LogP contribution is -2.59. The molecule has 10 heteroatoms. The molecular weight excluding hydrogens is 374 g/mol. The van der Waals surface area contributed by atoms with Crippen molar-refractivity contribution in [3.63, 3.8) is 0 Å². The Morgan fingerprint density at radius 2 is 1.86 bits per heavy atom. The Kier molecular flexibility index (Phi) is 7.89. The Balaban J connectivity index is 1.86. The third-order valence-corrected chi connectivity index (χ3v) is 4.04. The summed E-state index contributed by atoms with van der Waals surface area (Å²) in [6.45, 7) is -1.13. The predicted molar refractivity (Wildman–Crippen MR) is 91.8 cm³/mol. The van der Waals surface area contributed by atoms with Crippen molar-refractivity contribution in [2.24, 2.45) is 0 Å². The molecule has 1 fully saturated rings. The first-order valence-corrected chi connectivity index (χ1v) is 8.34. The maximum absolute atomic E-state index is 11.9. The Morgan fingerprint density at radius 1 is 1.18 bits per heavy atom. The van der Waals surface area contributed by atoms with E-state index in [9.17, 15) is 25.2 Å². The molecule has 2 rings (SSSR count). The van der Waals surface area contributed by atoms with Crippen LogP contribution in [0.15, 0.2) is 35.9 Å². The second-order valence-corrected chi connectivity index (χ2v) is 5.99. The van der Waals surface area contributed by atoms with Crippen LogP contribution in [0.2, 0.25) is 0 Å². The van der Waals surface area contributed by atoms with E-state index in [2.05, 4.69) is 0 Å². The number of rotatable bonds is 7. The second-order valence-electron chi connectivity index (χ2n) is 5.99. The molecule has 152 valence electrons. The lowest BCUT2D eigenvalue weighted by Gasteiger charge is -2.39. The molecule has 0 bridgehead atoms. The van der Waals surface area contributed by atoms with Crippen LogP contribution >= 0.6 is 0 Å². The van der Waals surface area contributed by atoms with Crippen LogP contribution in [-0.2, 0) is 14.2 Å². The third-order valence-electron chi connectivity index (χ3n) is 4.04. The second kappa shape index (κ2) is 10.1. The zero-order valence-electron chi connectivity index (χ0n) is 14.7. The summed E-state index contributed by atoms with van der Waals surface area (Å²) in [5.41, 5.74) is 0.268. The number of carbonyl (C=O) groups is 1. The highest BCUT2D eigenvalue weighted by Crippen LogP contribution is 2.22. The van der Waals surface area contributed by atoms with Crippen LogP contribution < -0.4 is 0 Å². The van der Waals surface area contributed by atoms with Gasteiger partial charge in [0, 0.05) is 0 Å². The normalized spacial score (nSPS) is 27.8. The van der Waals surface area contributed by atoms with Gasteiger partial charge in [-0.1, -0.05) is 0 Å². The molecule has 0 aromatic heterocycles. The quantitative estimate of drug-likeness (QED) is 0.279. The minimum absolute atomic E-state index is 0.000461. The number of nitrogens with zero attached hydrogens (tertiary/aromatic N) is 1. The molecule has 1 aliphatic rings. The minimum Gasteiger partial charge on any atom is -0.508 e. The van der Waals surface area contributed by atoms with E-state index < -0.39 is 43.3 Å². The number of phenolic OH excluding ortho intramolecular Hbond substituents is 1. The molecule has 5 atom stereocenters. The van der Waals surface area contributed by atoms with Crippen molar-refractivity contribution in [3.8, 4) is 11.8 Å². The molecule has 1 saturated heterocycles. The molecule has 1 heterocycles. The van der Waals surface area contributed by atoms with Gasteiger partial charge in [0.25, 0.3) is 0 Å². The topological polar surface area (TPSA) is 170 Å². The zero-order valence-corrected chi connectivity index (χ0v) is 14.7. The lowest BCUT2D eigenvalue weighted by atomic mass is 9.99. The van der Waals surface area contributed by atoms with Gasteiger partial charge in [0.2, 0.25) is 0 Å². The summed E-state index contributed by atoms with van der Waals surface area (Å²) in [7, 11) is 0. The van der Waals surface area contributed by atoms with E-state index in [-0.39, 0.29) is 30.1 Å². The average molecular weight is 395 g/mol. The number of aromatic hydroxyl groups is 1. The van der Waals surface area contributed by atoms with Crippen molar-refractivity contribution in [1.29, 1.82) is 5.26 Å². The standard InChI is InChI=1S/C18H21NO9/c19-7-10(9-27-17(25)11-1-3-12(21)4-2-11)5-6-26-18-16(24)15(23)14(22)13(8-20)28-18/h1-5,13-16,18,20-24H,6,8-9H2/b10-5+/t13-,14-,15+,16-,18?/m1/s1. The molecule has 1 aromatic rings. The van der Waals surface area contributed by atoms with E-state index in [4.69, 9.17) is 24.6 Å². The molecule has 1 aromatic carbocycles. The van der Waals surface area contributed by atoms with Crippen LogP contribution in [0.3, 0.4) is 0 Å². The number of hydrogen-bond donors (Lipinski definition) is 5. The van der Waals surface area contributed by atoms with Crippen molar-refractivity contribution >= 4 is 5.97 Å². The molecule has 0 spiro atoms. The molecule has 10 nitrogen and oxygen atoms in total. The minimum atomic E-state index is -1.57. The first kappa shape index (κ1) is 21.8. The van der Waals surface area contributed by atoms with Crippen molar-refractivity contribution < 1.29 is 44.5 Å². The summed E-state index contributed by atoms with van der Waals surface area (Å²) in [5.74, 6) is -0.685. The van der Waals surface area contributed by atoms with E-state index in [1.54, 1.807) is 0 Å². The zero-order chi connectivity index (χ0) is 20.7. The number of hydrogen-bond acceptors (Lipinski definition) is 10. The van der Waals surface area contributed by atoms with E-state index in [1.807, 2.05) is 6.07 Å². The Labute approximate surface area is 160 Å². The van der Waals surface area contributed by atoms with Gasteiger partial charge in [-0.2, -0.15) is 5.26 Å². The van der Waals surface area contributed by atoms with Gasteiger partial charge >= 0.3 is 5.97 Å². The summed E-state index contributed by atoms with van der Waals surface area (Å²) < 4.78 is 15.4. The van der Waals surface area contributed by atoms with Crippen molar-refractivity contribution in [3.05, 3.63) is 41.5 Å². The van der Waals surface area contributed by atoms with E-state index >= 15 is 0 Å². The number of ether oxygens (including phenoxy) is 3. The van der Waals surface area contributed by atoms with Crippen LogP contribution in [0.1, 0.15) is 10.4 Å². The van der Waals surface area contributed by atoms with Gasteiger partial charge in [-0.3, -0.25) is 0 Å². The molecule has 0 radical (unpaired) electrons. The summed E-state index contributed by atoms with van der Waals surface area (Å²) in [4.78, 5) is 11.9. The van der Waals surface area contributed by atoms with Crippen LogP contribution in [0.5, 0.6) is 5.75 Å². The van der Waals surface area contributed by atoms with Crippen LogP contribution in [0.25, 0.3) is 0 Å². The van der Waals surface area contributed by atoms with Gasteiger partial charge in [0.05, 0.1) is 30.4 Å².